The zero-order valence-corrected chi connectivity index (χ0v) is 8.86. The van der Waals surface area contributed by atoms with Gasteiger partial charge in [-0.2, -0.15) is 0 Å². The normalized spacial score (nSPS) is 20.7. The number of ketones is 1. The van der Waals surface area contributed by atoms with Crippen LogP contribution in [0.15, 0.2) is 42.1 Å². The molecule has 0 radical (unpaired) electrons. The zero-order chi connectivity index (χ0) is 10.7. The van der Waals surface area contributed by atoms with Gasteiger partial charge in [0, 0.05) is 18.2 Å². The molecule has 0 unspecified atom stereocenters. The Morgan fingerprint density at radius 2 is 2.07 bits per heavy atom. The van der Waals surface area contributed by atoms with E-state index in [0.717, 1.165) is 12.1 Å². The molecule has 0 spiro atoms. The summed E-state index contributed by atoms with van der Waals surface area (Å²) in [5.74, 6) is 0.229. The van der Waals surface area contributed by atoms with Crippen molar-refractivity contribution < 1.29 is 4.79 Å². The number of hydrogen-bond donors (Lipinski definition) is 1. The molecule has 1 aliphatic rings. The van der Waals surface area contributed by atoms with E-state index in [1.165, 1.54) is 5.56 Å². The molecule has 1 aromatic carbocycles. The highest BCUT2D eigenvalue weighted by molar-refractivity contribution is 5.91. The van der Waals surface area contributed by atoms with Crippen LogP contribution in [0.4, 0.5) is 0 Å². The second kappa shape index (κ2) is 4.30. The summed E-state index contributed by atoms with van der Waals surface area (Å²) < 4.78 is 0. The van der Waals surface area contributed by atoms with Crippen molar-refractivity contribution in [3.63, 3.8) is 0 Å². The fraction of sp³-hybridized carbons (Fsp3) is 0.308. The number of rotatable bonds is 2. The number of benzene rings is 1. The van der Waals surface area contributed by atoms with E-state index in [9.17, 15) is 4.79 Å². The van der Waals surface area contributed by atoms with Crippen LogP contribution in [0, 0.1) is 0 Å². The Kier molecular flexibility index (Phi) is 2.86. The first-order chi connectivity index (χ1) is 7.24. The van der Waals surface area contributed by atoms with E-state index >= 15 is 0 Å². The molecule has 0 bridgehead atoms. The third-order valence-corrected chi connectivity index (χ3v) is 2.58. The summed E-state index contributed by atoms with van der Waals surface area (Å²) in [4.78, 5) is 11.4. The number of allylic oxidation sites excluding steroid dienone is 2. The molecule has 1 atom stereocenters. The molecule has 1 aromatic rings. The van der Waals surface area contributed by atoms with Gasteiger partial charge in [0.25, 0.3) is 0 Å². The monoisotopic (exact) mass is 201 g/mol. The highest BCUT2D eigenvalue weighted by atomic mass is 16.1. The first kappa shape index (κ1) is 9.97. The van der Waals surface area contributed by atoms with Gasteiger partial charge in [-0.25, -0.2) is 0 Å². The van der Waals surface area contributed by atoms with Gasteiger partial charge in [-0.15, -0.1) is 0 Å². The lowest BCUT2D eigenvalue weighted by Crippen LogP contribution is -2.35. The maximum absolute atomic E-state index is 11.4. The van der Waals surface area contributed by atoms with E-state index in [2.05, 4.69) is 17.4 Å². The molecule has 1 N–H and O–H groups in total. The average molecular weight is 201 g/mol. The highest BCUT2D eigenvalue weighted by Crippen LogP contribution is 2.12. The van der Waals surface area contributed by atoms with E-state index in [1.54, 1.807) is 6.08 Å². The number of hydrogen-bond acceptors (Lipinski definition) is 2. The van der Waals surface area contributed by atoms with Gasteiger partial charge in [-0.05, 0) is 25.0 Å². The summed E-state index contributed by atoms with van der Waals surface area (Å²) >= 11 is 0. The van der Waals surface area contributed by atoms with Crippen LogP contribution in [0.5, 0.6) is 0 Å². The lowest BCUT2D eigenvalue weighted by molar-refractivity contribution is -0.115. The molecule has 0 saturated heterocycles. The van der Waals surface area contributed by atoms with E-state index in [1.807, 2.05) is 25.1 Å². The van der Waals surface area contributed by atoms with Crippen LogP contribution in [0.2, 0.25) is 0 Å². The molecule has 15 heavy (non-hydrogen) atoms. The van der Waals surface area contributed by atoms with Gasteiger partial charge in [0.15, 0.2) is 5.78 Å². The van der Waals surface area contributed by atoms with Crippen LogP contribution in [-0.4, -0.2) is 11.8 Å². The molecule has 78 valence electrons. The van der Waals surface area contributed by atoms with Crippen molar-refractivity contribution in [2.75, 3.05) is 0 Å². The van der Waals surface area contributed by atoms with Crippen LogP contribution < -0.4 is 5.32 Å². The van der Waals surface area contributed by atoms with Crippen molar-refractivity contribution in [2.45, 2.75) is 25.8 Å². The summed E-state index contributed by atoms with van der Waals surface area (Å²) in [7, 11) is 0. The van der Waals surface area contributed by atoms with Gasteiger partial charge >= 0.3 is 0 Å². The Hall–Kier alpha value is -1.57. The maximum Gasteiger partial charge on any atom is 0.159 e. The van der Waals surface area contributed by atoms with Crippen LogP contribution in [0.25, 0.3) is 0 Å². The number of carbonyl (C=O) groups excluding carboxylic acids is 1. The summed E-state index contributed by atoms with van der Waals surface area (Å²) in [6.45, 7) is 1.94. The summed E-state index contributed by atoms with van der Waals surface area (Å²) in [5, 5.41) is 3.34. The Morgan fingerprint density at radius 3 is 2.73 bits per heavy atom. The van der Waals surface area contributed by atoms with Crippen molar-refractivity contribution >= 4 is 5.78 Å². The van der Waals surface area contributed by atoms with Crippen molar-refractivity contribution in [2.24, 2.45) is 0 Å². The fourth-order valence-corrected chi connectivity index (χ4v) is 1.98. The van der Waals surface area contributed by atoms with Gasteiger partial charge < -0.3 is 5.32 Å². The third kappa shape index (κ3) is 2.69. The zero-order valence-electron chi connectivity index (χ0n) is 8.86. The molecule has 1 heterocycles. The Labute approximate surface area is 90.0 Å². The van der Waals surface area contributed by atoms with Crippen LogP contribution >= 0.6 is 0 Å². The molecule has 0 saturated carbocycles. The smallest absolute Gasteiger partial charge is 0.159 e. The quantitative estimate of drug-likeness (QED) is 0.793. The van der Waals surface area contributed by atoms with Crippen molar-refractivity contribution in [3.05, 3.63) is 47.7 Å². The largest absolute Gasteiger partial charge is 0.385 e. The van der Waals surface area contributed by atoms with Crippen molar-refractivity contribution in [1.29, 1.82) is 0 Å². The van der Waals surface area contributed by atoms with E-state index < -0.39 is 0 Å². The van der Waals surface area contributed by atoms with Gasteiger partial charge in [-0.1, -0.05) is 30.3 Å². The van der Waals surface area contributed by atoms with Gasteiger partial charge in [0.05, 0.1) is 0 Å². The first-order valence-corrected chi connectivity index (χ1v) is 5.25. The molecule has 2 rings (SSSR count). The summed E-state index contributed by atoms with van der Waals surface area (Å²) in [5.41, 5.74) is 2.25. The lowest BCUT2D eigenvalue weighted by Gasteiger charge is -2.23. The Bertz CT molecular complexity index is 381. The third-order valence-electron chi connectivity index (χ3n) is 2.58. The molecule has 1 aliphatic heterocycles. The van der Waals surface area contributed by atoms with E-state index in [-0.39, 0.29) is 11.8 Å². The summed E-state index contributed by atoms with van der Waals surface area (Å²) in [6, 6.07) is 10.5. The summed E-state index contributed by atoms with van der Waals surface area (Å²) in [6.07, 6.45) is 3.20. The predicted octanol–water partition coefficient (Wildman–Crippen LogP) is 2.06. The van der Waals surface area contributed by atoms with Crippen LogP contribution in [0.3, 0.4) is 0 Å². The average Bonchev–Trinajstić information content (AvgIpc) is 2.17. The molecule has 0 aliphatic carbocycles. The highest BCUT2D eigenvalue weighted by Gasteiger charge is 2.17. The molecule has 0 aromatic heterocycles. The minimum absolute atomic E-state index is 0.229. The SMILES string of the molecule is CC1=CC(=O)C[C@H](Cc2ccccc2)N1. The van der Waals surface area contributed by atoms with E-state index in [4.69, 9.17) is 0 Å². The molecular formula is C13H15NO. The minimum atomic E-state index is 0.229. The minimum Gasteiger partial charge on any atom is -0.385 e. The van der Waals surface area contributed by atoms with Crippen LogP contribution in [0.1, 0.15) is 18.9 Å². The number of nitrogens with one attached hydrogen (secondary N) is 1. The van der Waals surface area contributed by atoms with Gasteiger partial charge in [0.2, 0.25) is 0 Å². The van der Waals surface area contributed by atoms with Crippen molar-refractivity contribution in [3.8, 4) is 0 Å². The molecule has 2 nitrogen and oxygen atoms in total. The second-order valence-corrected chi connectivity index (χ2v) is 4.03. The topological polar surface area (TPSA) is 29.1 Å². The van der Waals surface area contributed by atoms with Gasteiger partial charge in [0.1, 0.15) is 0 Å². The predicted molar refractivity (Wildman–Crippen MR) is 60.5 cm³/mol. The van der Waals surface area contributed by atoms with E-state index in [0.29, 0.717) is 6.42 Å². The Balaban J connectivity index is 2.02. The molecular weight excluding hydrogens is 186 g/mol. The fourth-order valence-electron chi connectivity index (χ4n) is 1.98. The van der Waals surface area contributed by atoms with Crippen molar-refractivity contribution in [1.82, 2.24) is 5.32 Å². The first-order valence-electron chi connectivity index (χ1n) is 5.25. The molecule has 0 amide bonds. The Morgan fingerprint density at radius 1 is 1.33 bits per heavy atom. The second-order valence-electron chi connectivity index (χ2n) is 4.03. The molecule has 2 heteroatoms. The lowest BCUT2D eigenvalue weighted by atomic mass is 9.98. The van der Waals surface area contributed by atoms with Gasteiger partial charge in [-0.3, -0.25) is 4.79 Å². The van der Waals surface area contributed by atoms with Crippen LogP contribution in [-0.2, 0) is 11.2 Å². The molecule has 0 fully saturated rings. The maximum atomic E-state index is 11.4. The standard InChI is InChI=1S/C13H15NO/c1-10-7-13(15)9-12(14-10)8-11-5-3-2-4-6-11/h2-7,12,14H,8-9H2,1H3/t12-/m0/s1. The number of carbonyl (C=O) groups is 1.